The van der Waals surface area contributed by atoms with Gasteiger partial charge in [-0.05, 0) is 5.92 Å². The van der Waals surface area contributed by atoms with E-state index in [4.69, 9.17) is 7.85 Å². The molecule has 13 heavy (non-hydrogen) atoms. The highest BCUT2D eigenvalue weighted by Gasteiger charge is 2.01. The minimum Gasteiger partial charge on any atom is -0.0859 e. The first-order valence-electron chi connectivity index (χ1n) is 6.05. The molecule has 0 nitrogen and oxygen atoms in total. The highest BCUT2D eigenvalue weighted by molar-refractivity contribution is 6.08. The Morgan fingerprint density at radius 3 is 2.08 bits per heavy atom. The molecule has 0 amide bonds. The van der Waals surface area contributed by atoms with Crippen LogP contribution in [0.5, 0.6) is 0 Å². The number of hydrogen-bond acceptors (Lipinski definition) is 0. The third kappa shape index (κ3) is 8.40. The molecule has 1 atom stereocenters. The number of unbranched alkanes of at least 4 members (excludes halogenated alkanes) is 5. The van der Waals surface area contributed by atoms with Gasteiger partial charge in [0.15, 0.2) is 0 Å². The standard InChI is InChI=1S/C12H25B/c1-3-5-6-7-8-9-10-12(4-2)11-13/h12H,3-11H2,1-2H3. The summed E-state index contributed by atoms with van der Waals surface area (Å²) in [6.07, 6.45) is 11.9. The molecule has 0 aromatic rings. The van der Waals surface area contributed by atoms with E-state index in [2.05, 4.69) is 13.8 Å². The molecule has 0 fully saturated rings. The fraction of sp³-hybridized carbons (Fsp3) is 1.00. The first kappa shape index (κ1) is 13.1. The molecule has 1 unspecified atom stereocenters. The van der Waals surface area contributed by atoms with Crippen molar-refractivity contribution in [2.45, 2.75) is 71.5 Å². The van der Waals surface area contributed by atoms with Crippen LogP contribution in [0.1, 0.15) is 65.2 Å². The normalized spacial score (nSPS) is 13.1. The molecule has 0 aliphatic heterocycles. The molecule has 0 N–H and O–H groups in total. The summed E-state index contributed by atoms with van der Waals surface area (Å²) >= 11 is 0. The summed E-state index contributed by atoms with van der Waals surface area (Å²) in [7, 11) is 5.65. The van der Waals surface area contributed by atoms with Gasteiger partial charge in [-0.25, -0.2) is 0 Å². The van der Waals surface area contributed by atoms with Gasteiger partial charge >= 0.3 is 0 Å². The van der Waals surface area contributed by atoms with Crippen molar-refractivity contribution in [2.75, 3.05) is 0 Å². The maximum absolute atomic E-state index is 5.65. The molecule has 2 radical (unpaired) electrons. The number of hydrogen-bond donors (Lipinski definition) is 0. The van der Waals surface area contributed by atoms with E-state index in [-0.39, 0.29) is 0 Å². The zero-order valence-corrected chi connectivity index (χ0v) is 9.52. The quantitative estimate of drug-likeness (QED) is 0.365. The highest BCUT2D eigenvalue weighted by Crippen LogP contribution is 2.17. The summed E-state index contributed by atoms with van der Waals surface area (Å²) in [6.45, 7) is 4.51. The van der Waals surface area contributed by atoms with Crippen molar-refractivity contribution in [1.29, 1.82) is 0 Å². The SMILES string of the molecule is [B]CC(CC)CCCCCCCC. The lowest BCUT2D eigenvalue weighted by Gasteiger charge is -2.11. The van der Waals surface area contributed by atoms with E-state index >= 15 is 0 Å². The Labute approximate surface area is 85.9 Å². The van der Waals surface area contributed by atoms with Crippen LogP contribution in [-0.4, -0.2) is 7.85 Å². The van der Waals surface area contributed by atoms with Crippen molar-refractivity contribution >= 4 is 7.85 Å². The molecule has 0 spiro atoms. The van der Waals surface area contributed by atoms with Crippen LogP contribution in [0.25, 0.3) is 0 Å². The minimum absolute atomic E-state index is 0.783. The van der Waals surface area contributed by atoms with Crippen molar-refractivity contribution in [3.8, 4) is 0 Å². The largest absolute Gasteiger partial charge is 0.0859 e. The first-order chi connectivity index (χ1) is 6.35. The molecular formula is C12H25B. The van der Waals surface area contributed by atoms with Crippen LogP contribution < -0.4 is 0 Å². The smallest absolute Gasteiger partial charge is 0.0656 e. The minimum atomic E-state index is 0.783. The Hall–Kier alpha value is 0.0649. The molecular weight excluding hydrogens is 155 g/mol. The van der Waals surface area contributed by atoms with Gasteiger partial charge in [0.25, 0.3) is 0 Å². The zero-order valence-electron chi connectivity index (χ0n) is 9.52. The predicted octanol–water partition coefficient (Wildman–Crippen LogP) is 4.35. The topological polar surface area (TPSA) is 0 Å². The molecule has 1 heteroatoms. The van der Waals surface area contributed by atoms with Crippen LogP contribution in [0.3, 0.4) is 0 Å². The molecule has 0 saturated carbocycles. The Morgan fingerprint density at radius 1 is 0.923 bits per heavy atom. The maximum Gasteiger partial charge on any atom is 0.0656 e. The summed E-state index contributed by atoms with van der Waals surface area (Å²) in [4.78, 5) is 0. The second-order valence-electron chi connectivity index (χ2n) is 4.07. The summed E-state index contributed by atoms with van der Waals surface area (Å²) in [5.41, 5.74) is 0. The molecule has 0 aliphatic carbocycles. The molecule has 0 saturated heterocycles. The van der Waals surface area contributed by atoms with Crippen LogP contribution in [-0.2, 0) is 0 Å². The Bertz CT molecular complexity index is 87.1. The predicted molar refractivity (Wildman–Crippen MR) is 62.3 cm³/mol. The van der Waals surface area contributed by atoms with E-state index in [9.17, 15) is 0 Å². The van der Waals surface area contributed by atoms with Crippen molar-refractivity contribution in [3.63, 3.8) is 0 Å². The van der Waals surface area contributed by atoms with E-state index in [1.165, 1.54) is 51.4 Å². The fourth-order valence-corrected chi connectivity index (χ4v) is 1.70. The summed E-state index contributed by atoms with van der Waals surface area (Å²) < 4.78 is 0. The second-order valence-corrected chi connectivity index (χ2v) is 4.07. The lowest BCUT2D eigenvalue weighted by atomic mass is 9.85. The third-order valence-electron chi connectivity index (χ3n) is 2.88. The van der Waals surface area contributed by atoms with Gasteiger partial charge in [-0.1, -0.05) is 71.5 Å². The Kier molecular flexibility index (Phi) is 10.2. The van der Waals surface area contributed by atoms with Gasteiger partial charge in [-0.3, -0.25) is 0 Å². The van der Waals surface area contributed by atoms with E-state index in [0.29, 0.717) is 0 Å². The van der Waals surface area contributed by atoms with Crippen LogP contribution in [0, 0.1) is 5.92 Å². The molecule has 0 aliphatic rings. The lowest BCUT2D eigenvalue weighted by molar-refractivity contribution is 0.472. The van der Waals surface area contributed by atoms with E-state index in [1.807, 2.05) is 0 Å². The lowest BCUT2D eigenvalue weighted by Crippen LogP contribution is -1.97. The maximum atomic E-state index is 5.65. The van der Waals surface area contributed by atoms with Crippen LogP contribution in [0.2, 0.25) is 6.32 Å². The van der Waals surface area contributed by atoms with Crippen LogP contribution >= 0.6 is 0 Å². The number of rotatable bonds is 9. The van der Waals surface area contributed by atoms with E-state index in [0.717, 1.165) is 12.2 Å². The van der Waals surface area contributed by atoms with Crippen LogP contribution in [0.4, 0.5) is 0 Å². The third-order valence-corrected chi connectivity index (χ3v) is 2.88. The van der Waals surface area contributed by atoms with E-state index in [1.54, 1.807) is 0 Å². The second kappa shape index (κ2) is 10.1. The summed E-state index contributed by atoms with van der Waals surface area (Å²) in [6, 6.07) is 0. The highest BCUT2D eigenvalue weighted by atomic mass is 14.1. The Morgan fingerprint density at radius 2 is 1.54 bits per heavy atom. The van der Waals surface area contributed by atoms with E-state index < -0.39 is 0 Å². The van der Waals surface area contributed by atoms with Gasteiger partial charge in [-0.2, -0.15) is 0 Å². The summed E-state index contributed by atoms with van der Waals surface area (Å²) in [5, 5.41) is 0. The Balaban J connectivity index is 3.05. The van der Waals surface area contributed by atoms with Crippen molar-refractivity contribution < 1.29 is 0 Å². The van der Waals surface area contributed by atoms with Gasteiger partial charge in [0.05, 0.1) is 7.85 Å². The molecule has 0 bridgehead atoms. The molecule has 76 valence electrons. The van der Waals surface area contributed by atoms with Gasteiger partial charge < -0.3 is 0 Å². The van der Waals surface area contributed by atoms with Gasteiger partial charge in [-0.15, -0.1) is 0 Å². The summed E-state index contributed by atoms with van der Waals surface area (Å²) in [5.74, 6) is 0.783. The van der Waals surface area contributed by atoms with Crippen molar-refractivity contribution in [3.05, 3.63) is 0 Å². The van der Waals surface area contributed by atoms with Crippen LogP contribution in [0.15, 0.2) is 0 Å². The van der Waals surface area contributed by atoms with Crippen molar-refractivity contribution in [2.24, 2.45) is 5.92 Å². The fourth-order valence-electron chi connectivity index (χ4n) is 1.70. The van der Waals surface area contributed by atoms with Crippen molar-refractivity contribution in [1.82, 2.24) is 0 Å². The average Bonchev–Trinajstić information content (AvgIpc) is 2.17. The van der Waals surface area contributed by atoms with Gasteiger partial charge in [0.2, 0.25) is 0 Å². The molecule has 0 aromatic heterocycles. The van der Waals surface area contributed by atoms with Gasteiger partial charge in [0, 0.05) is 0 Å². The average molecular weight is 180 g/mol. The zero-order chi connectivity index (χ0) is 9.94. The van der Waals surface area contributed by atoms with Gasteiger partial charge in [0.1, 0.15) is 0 Å². The molecule has 0 aromatic carbocycles. The molecule has 0 rings (SSSR count). The monoisotopic (exact) mass is 180 g/mol. The first-order valence-corrected chi connectivity index (χ1v) is 6.05. The molecule has 0 heterocycles.